The van der Waals surface area contributed by atoms with Gasteiger partial charge in [-0.15, -0.1) is 13.2 Å². The van der Waals surface area contributed by atoms with Crippen LogP contribution < -0.4 is 20.7 Å². The molecule has 3 N–H and O–H groups in total. The largest absolute Gasteiger partial charge is 0.573 e. The first-order valence-corrected chi connectivity index (χ1v) is 9.93. The lowest BCUT2D eigenvalue weighted by Crippen LogP contribution is -2.25. The summed E-state index contributed by atoms with van der Waals surface area (Å²) in [6.07, 6.45) is -1.82. The van der Waals surface area contributed by atoms with Gasteiger partial charge in [-0.25, -0.2) is 9.78 Å². The minimum Gasteiger partial charge on any atom is -0.406 e. The third-order valence-electron chi connectivity index (χ3n) is 4.26. The van der Waals surface area contributed by atoms with E-state index in [0.717, 1.165) is 12.1 Å². The van der Waals surface area contributed by atoms with Crippen LogP contribution in [0.2, 0.25) is 0 Å². The highest BCUT2D eigenvalue weighted by Gasteiger charge is 2.31. The van der Waals surface area contributed by atoms with Crippen LogP contribution in [0.15, 0.2) is 60.9 Å². The second kappa shape index (κ2) is 10.2. The number of nitrogens with one attached hydrogen (secondary N) is 3. The molecule has 0 radical (unpaired) electrons. The first kappa shape index (κ1) is 23.9. The number of alkyl halides is 3. The zero-order chi connectivity index (χ0) is 24.0. The summed E-state index contributed by atoms with van der Waals surface area (Å²) in [4.78, 5) is 32.7. The number of urea groups is 1. The minimum absolute atomic E-state index is 0.214. The van der Waals surface area contributed by atoms with E-state index in [0.29, 0.717) is 11.3 Å². The van der Waals surface area contributed by atoms with Gasteiger partial charge in [0.15, 0.2) is 0 Å². The number of rotatable bonds is 6. The number of hydrogen-bond donors (Lipinski definition) is 4. The second-order valence-corrected chi connectivity index (χ2v) is 7.06. The van der Waals surface area contributed by atoms with E-state index in [1.807, 2.05) is 0 Å². The number of thiol groups is 1. The van der Waals surface area contributed by atoms with E-state index < -0.39 is 29.3 Å². The average Bonchev–Trinajstić information content (AvgIpc) is 2.79. The minimum atomic E-state index is -4.81. The highest BCUT2D eigenvalue weighted by Crippen LogP contribution is 2.31. The van der Waals surface area contributed by atoms with Gasteiger partial charge in [0.2, 0.25) is 0 Å². The van der Waals surface area contributed by atoms with Crippen LogP contribution in [-0.2, 0) is 0 Å². The highest BCUT2D eigenvalue weighted by atomic mass is 32.1. The molecule has 33 heavy (non-hydrogen) atoms. The molecule has 1 unspecified atom stereocenters. The summed E-state index contributed by atoms with van der Waals surface area (Å²) in [5.74, 6) is -0.648. The molecule has 172 valence electrons. The van der Waals surface area contributed by atoms with Crippen molar-refractivity contribution in [2.24, 2.45) is 0 Å². The van der Waals surface area contributed by atoms with E-state index in [9.17, 15) is 22.8 Å². The number of carbonyl (C=O) groups is 2. The van der Waals surface area contributed by atoms with Gasteiger partial charge < -0.3 is 15.4 Å². The molecule has 0 fully saturated rings. The van der Waals surface area contributed by atoms with Crippen LogP contribution in [0.25, 0.3) is 0 Å². The molecule has 0 aliphatic heterocycles. The Balaban J connectivity index is 1.79. The van der Waals surface area contributed by atoms with Crippen molar-refractivity contribution in [2.75, 3.05) is 17.7 Å². The van der Waals surface area contributed by atoms with E-state index in [1.165, 1.54) is 31.6 Å². The van der Waals surface area contributed by atoms with Gasteiger partial charge in [-0.3, -0.25) is 15.1 Å². The van der Waals surface area contributed by atoms with Crippen molar-refractivity contribution in [3.63, 3.8) is 0 Å². The van der Waals surface area contributed by atoms with Crippen molar-refractivity contribution in [1.82, 2.24) is 15.3 Å². The number of aromatic nitrogens is 2. The second-order valence-electron chi connectivity index (χ2n) is 6.54. The molecule has 0 saturated carbocycles. The van der Waals surface area contributed by atoms with Gasteiger partial charge in [-0.2, -0.15) is 12.6 Å². The van der Waals surface area contributed by atoms with Crippen molar-refractivity contribution in [3.8, 4) is 5.75 Å². The Kier molecular flexibility index (Phi) is 7.38. The van der Waals surface area contributed by atoms with Crippen molar-refractivity contribution in [2.45, 2.75) is 11.6 Å². The number of nitrogens with zero attached hydrogens (tertiary/aromatic N) is 2. The van der Waals surface area contributed by atoms with Crippen LogP contribution >= 0.6 is 12.6 Å². The maximum Gasteiger partial charge on any atom is 0.573 e. The van der Waals surface area contributed by atoms with Crippen LogP contribution in [0.3, 0.4) is 0 Å². The van der Waals surface area contributed by atoms with Crippen LogP contribution in [-0.4, -0.2) is 35.3 Å². The number of benzene rings is 1. The topological polar surface area (TPSA) is 105 Å². The van der Waals surface area contributed by atoms with Crippen LogP contribution in [0.4, 0.5) is 29.5 Å². The first-order valence-electron chi connectivity index (χ1n) is 9.41. The monoisotopic (exact) mass is 477 g/mol. The fourth-order valence-corrected chi connectivity index (χ4v) is 3.15. The Labute approximate surface area is 192 Å². The Morgan fingerprint density at radius 3 is 2.42 bits per heavy atom. The summed E-state index contributed by atoms with van der Waals surface area (Å²) in [7, 11) is 1.47. The zero-order valence-corrected chi connectivity index (χ0v) is 17.9. The molecular weight excluding hydrogens is 459 g/mol. The van der Waals surface area contributed by atoms with E-state index in [2.05, 4.69) is 43.3 Å². The number of pyridine rings is 2. The molecule has 0 spiro atoms. The number of carbonyl (C=O) groups excluding carboxylic acids is 2. The molecule has 12 heteroatoms. The molecular formula is C21H18F3N5O3S. The number of anilines is 2. The summed E-state index contributed by atoms with van der Waals surface area (Å²) in [5.41, 5.74) is 1.44. The number of ether oxygens (including phenoxy) is 1. The number of halogens is 3. The maximum absolute atomic E-state index is 12.9. The van der Waals surface area contributed by atoms with Gasteiger partial charge in [-0.05, 0) is 54.1 Å². The van der Waals surface area contributed by atoms with Crippen LogP contribution in [0.1, 0.15) is 26.9 Å². The molecule has 0 aliphatic rings. The third-order valence-corrected chi connectivity index (χ3v) is 4.80. The molecule has 3 rings (SSSR count). The predicted molar refractivity (Wildman–Crippen MR) is 118 cm³/mol. The van der Waals surface area contributed by atoms with Crippen LogP contribution in [0.5, 0.6) is 5.75 Å². The van der Waals surface area contributed by atoms with E-state index >= 15 is 0 Å². The summed E-state index contributed by atoms with van der Waals surface area (Å²) in [6, 6.07) is 10.7. The molecule has 2 heterocycles. The maximum atomic E-state index is 12.9. The standard InChI is InChI=1S/C21H18F3N5O3S/c1-25-20(31)29-16-11-12(8-10-26-16)18(33)17-15(3-2-9-27-17)19(30)28-13-4-6-14(7-5-13)32-21(22,23)24/h2-11,18,33H,1H3,(H,28,30)(H2,25,26,29,31). The third kappa shape index (κ3) is 6.59. The molecule has 3 amide bonds. The summed E-state index contributed by atoms with van der Waals surface area (Å²) in [6.45, 7) is 0. The molecule has 1 aromatic carbocycles. The molecule has 8 nitrogen and oxygen atoms in total. The van der Waals surface area contributed by atoms with Crippen molar-refractivity contribution in [3.05, 3.63) is 77.7 Å². The first-order chi connectivity index (χ1) is 15.7. The van der Waals surface area contributed by atoms with Gasteiger partial charge in [0.1, 0.15) is 11.6 Å². The fraction of sp³-hybridized carbons (Fsp3) is 0.143. The Morgan fingerprint density at radius 2 is 1.76 bits per heavy atom. The Bertz CT molecular complexity index is 1140. The molecule has 0 bridgehead atoms. The van der Waals surface area contributed by atoms with Crippen molar-refractivity contribution < 1.29 is 27.5 Å². The normalized spacial score (nSPS) is 11.9. The van der Waals surface area contributed by atoms with E-state index in [1.54, 1.807) is 24.3 Å². The molecule has 0 aliphatic carbocycles. The van der Waals surface area contributed by atoms with Gasteiger partial charge in [0, 0.05) is 25.1 Å². The Hall–Kier alpha value is -3.80. The lowest BCUT2D eigenvalue weighted by molar-refractivity contribution is -0.274. The fourth-order valence-electron chi connectivity index (χ4n) is 2.79. The Morgan fingerprint density at radius 1 is 1.03 bits per heavy atom. The summed E-state index contributed by atoms with van der Waals surface area (Å²) < 4.78 is 40.7. The SMILES string of the molecule is CNC(=O)Nc1cc(C(S)c2ncccc2C(=O)Nc2ccc(OC(F)(F)F)cc2)ccn1. The van der Waals surface area contributed by atoms with Gasteiger partial charge >= 0.3 is 12.4 Å². The summed E-state index contributed by atoms with van der Waals surface area (Å²) >= 11 is 4.59. The highest BCUT2D eigenvalue weighted by molar-refractivity contribution is 7.80. The molecule has 2 aromatic heterocycles. The van der Waals surface area contributed by atoms with Crippen molar-refractivity contribution in [1.29, 1.82) is 0 Å². The van der Waals surface area contributed by atoms with Gasteiger partial charge in [0.25, 0.3) is 5.91 Å². The predicted octanol–water partition coefficient (Wildman–Crippen LogP) is 4.40. The lowest BCUT2D eigenvalue weighted by atomic mass is 10.0. The molecule has 1 atom stereocenters. The number of amides is 3. The smallest absolute Gasteiger partial charge is 0.406 e. The van der Waals surface area contributed by atoms with Crippen LogP contribution in [0, 0.1) is 0 Å². The lowest BCUT2D eigenvalue weighted by Gasteiger charge is -2.16. The molecule has 0 saturated heterocycles. The van der Waals surface area contributed by atoms with E-state index in [4.69, 9.17) is 0 Å². The number of hydrogen-bond acceptors (Lipinski definition) is 6. The average molecular weight is 477 g/mol. The molecule has 3 aromatic rings. The zero-order valence-electron chi connectivity index (χ0n) is 17.1. The van der Waals surface area contributed by atoms with Crippen molar-refractivity contribution >= 4 is 36.1 Å². The van der Waals surface area contributed by atoms with Gasteiger partial charge in [-0.1, -0.05) is 0 Å². The van der Waals surface area contributed by atoms with E-state index in [-0.39, 0.29) is 17.1 Å². The van der Waals surface area contributed by atoms with Gasteiger partial charge in [0.05, 0.1) is 16.5 Å². The summed E-state index contributed by atoms with van der Waals surface area (Å²) in [5, 5.41) is 6.95. The quantitative estimate of drug-likeness (QED) is 0.394.